The average molecular weight is 497 g/mol. The molecule has 0 spiro atoms. The third-order valence-corrected chi connectivity index (χ3v) is 6.64. The molecular formula is C29H28F4N2O. The molecule has 0 N–H and O–H groups in total. The Balaban J connectivity index is 1.91. The molecule has 0 amide bonds. The number of aryl methyl sites for hydroxylation is 1. The molecule has 0 saturated carbocycles. The van der Waals surface area contributed by atoms with Crippen molar-refractivity contribution in [3.05, 3.63) is 88.1 Å². The van der Waals surface area contributed by atoms with Crippen LogP contribution in [0.4, 0.5) is 17.6 Å². The van der Waals surface area contributed by atoms with Crippen molar-refractivity contribution in [1.29, 1.82) is 5.26 Å². The summed E-state index contributed by atoms with van der Waals surface area (Å²) in [6.45, 7) is 8.91. The molecule has 188 valence electrons. The highest BCUT2D eigenvalue weighted by Gasteiger charge is 2.36. The van der Waals surface area contributed by atoms with Crippen molar-refractivity contribution < 1.29 is 22.4 Å². The fraction of sp³-hybridized carbons (Fsp3) is 0.345. The van der Waals surface area contributed by atoms with E-state index in [0.717, 1.165) is 5.56 Å². The van der Waals surface area contributed by atoms with Gasteiger partial charge in [0.15, 0.2) is 5.78 Å². The molecule has 0 bridgehead atoms. The van der Waals surface area contributed by atoms with Crippen LogP contribution in [0, 0.1) is 18.3 Å². The smallest absolute Gasteiger partial charge is 0.289 e. The fourth-order valence-electron chi connectivity index (χ4n) is 4.46. The van der Waals surface area contributed by atoms with E-state index >= 15 is 4.39 Å². The lowest BCUT2D eigenvalue weighted by molar-refractivity contribution is -0.0605. The Morgan fingerprint density at radius 2 is 1.75 bits per heavy atom. The summed E-state index contributed by atoms with van der Waals surface area (Å²) in [7, 11) is 0. The van der Waals surface area contributed by atoms with E-state index < -0.39 is 23.3 Å². The highest BCUT2D eigenvalue weighted by atomic mass is 19.4. The van der Waals surface area contributed by atoms with E-state index in [-0.39, 0.29) is 30.5 Å². The lowest BCUT2D eigenvalue weighted by Gasteiger charge is -2.25. The number of carbonyl (C=O) groups is 1. The second kappa shape index (κ2) is 10.6. The molecule has 3 nitrogen and oxygen atoms in total. The minimum atomic E-state index is -4.48. The number of rotatable bonds is 7. The van der Waals surface area contributed by atoms with Gasteiger partial charge in [-0.05, 0) is 85.6 Å². The number of aliphatic imine (C=N–C) groups is 1. The first kappa shape index (κ1) is 27.1. The molecule has 0 saturated heterocycles. The summed E-state index contributed by atoms with van der Waals surface area (Å²) < 4.78 is 55.6. The standard InChI is InChI=1S/C29H28F4N2O/c1-5-28(30,23-13-10-21(17-34)11-14-23)16-19(3)27(36)22-12-9-18(2)25(15-22)24-7-6-8-26(29(31,32)33)35-20(24)4/h9-15H,3,5-8,16H2,1-2,4H3. The van der Waals surface area contributed by atoms with Crippen molar-refractivity contribution in [2.45, 2.75) is 64.7 Å². The summed E-state index contributed by atoms with van der Waals surface area (Å²) in [4.78, 5) is 17.1. The number of allylic oxidation sites excluding steroid dienone is 3. The zero-order chi connectivity index (χ0) is 26.7. The van der Waals surface area contributed by atoms with Crippen LogP contribution in [-0.2, 0) is 5.67 Å². The Labute approximate surface area is 208 Å². The van der Waals surface area contributed by atoms with Gasteiger partial charge in [0.05, 0.1) is 11.6 Å². The predicted molar refractivity (Wildman–Crippen MR) is 133 cm³/mol. The van der Waals surface area contributed by atoms with Crippen LogP contribution in [0.2, 0.25) is 0 Å². The van der Waals surface area contributed by atoms with Gasteiger partial charge in [0, 0.05) is 17.7 Å². The largest absolute Gasteiger partial charge is 0.429 e. The Hall–Kier alpha value is -3.53. The first-order valence-electron chi connectivity index (χ1n) is 11.8. The van der Waals surface area contributed by atoms with Gasteiger partial charge < -0.3 is 0 Å². The van der Waals surface area contributed by atoms with Crippen LogP contribution in [0.1, 0.15) is 78.6 Å². The van der Waals surface area contributed by atoms with Crippen molar-refractivity contribution in [1.82, 2.24) is 0 Å². The van der Waals surface area contributed by atoms with Gasteiger partial charge >= 0.3 is 6.18 Å². The first-order valence-corrected chi connectivity index (χ1v) is 11.8. The Morgan fingerprint density at radius 1 is 1.08 bits per heavy atom. The van der Waals surface area contributed by atoms with E-state index in [1.54, 1.807) is 44.2 Å². The molecule has 3 rings (SSSR count). The van der Waals surface area contributed by atoms with E-state index in [4.69, 9.17) is 5.26 Å². The van der Waals surface area contributed by atoms with Gasteiger partial charge in [-0.3, -0.25) is 9.79 Å². The highest BCUT2D eigenvalue weighted by molar-refractivity contribution is 6.09. The number of nitriles is 1. The molecule has 1 atom stereocenters. The molecule has 0 aliphatic carbocycles. The maximum atomic E-state index is 15.9. The lowest BCUT2D eigenvalue weighted by Crippen LogP contribution is -2.22. The van der Waals surface area contributed by atoms with Gasteiger partial charge in [-0.1, -0.05) is 37.8 Å². The maximum Gasteiger partial charge on any atom is 0.429 e. The highest BCUT2D eigenvalue weighted by Crippen LogP contribution is 2.38. The normalized spacial score (nSPS) is 16.0. The zero-order valence-electron chi connectivity index (χ0n) is 20.6. The van der Waals surface area contributed by atoms with Crippen molar-refractivity contribution in [2.24, 2.45) is 4.99 Å². The van der Waals surface area contributed by atoms with Crippen molar-refractivity contribution in [3.63, 3.8) is 0 Å². The molecule has 0 radical (unpaired) electrons. The molecule has 7 heteroatoms. The van der Waals surface area contributed by atoms with Crippen LogP contribution in [0.15, 0.2) is 65.3 Å². The number of carbonyl (C=O) groups excluding carboxylic acids is 1. The monoisotopic (exact) mass is 496 g/mol. The minimum Gasteiger partial charge on any atom is -0.289 e. The van der Waals surface area contributed by atoms with Crippen LogP contribution >= 0.6 is 0 Å². The van der Waals surface area contributed by atoms with Crippen molar-refractivity contribution >= 4 is 17.1 Å². The molecule has 2 aromatic carbocycles. The molecule has 1 unspecified atom stereocenters. The van der Waals surface area contributed by atoms with Gasteiger partial charge in [0.2, 0.25) is 0 Å². The van der Waals surface area contributed by atoms with Gasteiger partial charge in [-0.25, -0.2) is 4.39 Å². The zero-order valence-corrected chi connectivity index (χ0v) is 20.6. The number of alkyl halides is 4. The average Bonchev–Trinajstić information content (AvgIpc) is 3.05. The second-order valence-corrected chi connectivity index (χ2v) is 9.12. The predicted octanol–water partition coefficient (Wildman–Crippen LogP) is 8.19. The quantitative estimate of drug-likeness (QED) is 0.220. The third kappa shape index (κ3) is 5.81. The van der Waals surface area contributed by atoms with Gasteiger partial charge in [-0.15, -0.1) is 0 Å². The van der Waals surface area contributed by atoms with Crippen molar-refractivity contribution in [3.8, 4) is 6.07 Å². The van der Waals surface area contributed by atoms with Gasteiger partial charge in [0.25, 0.3) is 0 Å². The maximum absolute atomic E-state index is 15.9. The van der Waals surface area contributed by atoms with E-state index in [9.17, 15) is 18.0 Å². The Morgan fingerprint density at radius 3 is 2.33 bits per heavy atom. The van der Waals surface area contributed by atoms with Crippen molar-refractivity contribution in [2.75, 3.05) is 0 Å². The number of hydrogen-bond donors (Lipinski definition) is 0. The van der Waals surface area contributed by atoms with Crippen LogP contribution in [-0.4, -0.2) is 17.7 Å². The second-order valence-electron chi connectivity index (χ2n) is 9.12. The molecule has 2 aromatic rings. The van der Waals surface area contributed by atoms with E-state index in [2.05, 4.69) is 11.6 Å². The summed E-state index contributed by atoms with van der Waals surface area (Å²) in [5, 5.41) is 8.99. The van der Waals surface area contributed by atoms with Crippen LogP contribution in [0.3, 0.4) is 0 Å². The number of ketones is 1. The first-order chi connectivity index (χ1) is 16.9. The number of Topliss-reactive ketones (excluding diaryl/α,β-unsaturated/α-hetero) is 1. The Bertz CT molecular complexity index is 1280. The van der Waals surface area contributed by atoms with Gasteiger partial charge in [0.1, 0.15) is 11.4 Å². The third-order valence-electron chi connectivity index (χ3n) is 6.64. The summed E-state index contributed by atoms with van der Waals surface area (Å²) >= 11 is 0. The van der Waals surface area contributed by atoms with E-state index in [1.165, 1.54) is 12.1 Å². The topological polar surface area (TPSA) is 53.2 Å². The van der Waals surface area contributed by atoms with E-state index in [1.807, 2.05) is 13.0 Å². The number of hydrogen-bond acceptors (Lipinski definition) is 3. The number of halogens is 4. The molecule has 36 heavy (non-hydrogen) atoms. The summed E-state index contributed by atoms with van der Waals surface area (Å²) in [6.07, 6.45) is -4.07. The number of benzene rings is 2. The summed E-state index contributed by atoms with van der Waals surface area (Å²) in [5.74, 6) is -0.424. The molecule has 1 heterocycles. The lowest BCUT2D eigenvalue weighted by atomic mass is 9.84. The molecule has 1 aliphatic rings. The van der Waals surface area contributed by atoms with Crippen LogP contribution < -0.4 is 0 Å². The molecule has 0 fully saturated rings. The number of nitrogens with zero attached hydrogens (tertiary/aromatic N) is 2. The fourth-order valence-corrected chi connectivity index (χ4v) is 4.46. The molecule has 1 aliphatic heterocycles. The summed E-state index contributed by atoms with van der Waals surface area (Å²) in [5.41, 5.74) is 0.932. The van der Waals surface area contributed by atoms with E-state index in [0.29, 0.717) is 40.7 Å². The molecule has 0 aromatic heterocycles. The molecular weight excluding hydrogens is 468 g/mol. The SMILES string of the molecule is C=C(CC(F)(CC)c1ccc(C#N)cc1)C(=O)c1ccc(C)c(C2=C(C)N=C(C(F)(F)F)CCC2)c1. The Kier molecular flexibility index (Phi) is 7.98. The summed E-state index contributed by atoms with van der Waals surface area (Å²) in [6, 6.07) is 13.1. The van der Waals surface area contributed by atoms with Crippen LogP contribution in [0.5, 0.6) is 0 Å². The van der Waals surface area contributed by atoms with Crippen LogP contribution in [0.25, 0.3) is 5.57 Å². The van der Waals surface area contributed by atoms with Gasteiger partial charge in [-0.2, -0.15) is 18.4 Å². The minimum absolute atomic E-state index is 0.0856.